The molecular formula is C20H19N5O4S. The number of nitrogens with zero attached hydrogens (tertiary/aromatic N) is 3. The summed E-state index contributed by atoms with van der Waals surface area (Å²) in [5.74, 6) is 1.05. The molecule has 0 saturated heterocycles. The van der Waals surface area contributed by atoms with Crippen LogP contribution in [0, 0.1) is 0 Å². The number of fused-ring (bicyclic) bond motifs is 1. The Hall–Kier alpha value is -3.53. The Morgan fingerprint density at radius 1 is 1.03 bits per heavy atom. The fourth-order valence-electron chi connectivity index (χ4n) is 2.74. The molecule has 0 fully saturated rings. The van der Waals surface area contributed by atoms with Gasteiger partial charge in [-0.2, -0.15) is 5.10 Å². The minimum absolute atomic E-state index is 0.106. The van der Waals surface area contributed by atoms with E-state index in [0.29, 0.717) is 30.4 Å². The van der Waals surface area contributed by atoms with Gasteiger partial charge in [0, 0.05) is 10.6 Å². The van der Waals surface area contributed by atoms with Crippen LogP contribution in [0.1, 0.15) is 0 Å². The summed E-state index contributed by atoms with van der Waals surface area (Å²) in [7, 11) is 0. The van der Waals surface area contributed by atoms with Crippen molar-refractivity contribution in [1.82, 2.24) is 20.1 Å². The molecule has 1 aliphatic heterocycles. The molecule has 2 aromatic carbocycles. The largest absolute Gasteiger partial charge is 0.486 e. The highest BCUT2D eigenvalue weighted by Gasteiger charge is 2.13. The standard InChI is InChI=1S/C20H19N5O4S/c26-19(24-14-1-3-15(4-2-14)25-13-21-12-23-25)10-22-20(27)11-30-16-5-6-17-18(9-16)29-8-7-28-17/h1-6,9,12-13H,7-8,10-11H2,(H,22,27)(H,24,26). The van der Waals surface area contributed by atoms with Gasteiger partial charge in [0.2, 0.25) is 11.8 Å². The van der Waals surface area contributed by atoms with Gasteiger partial charge in [-0.1, -0.05) is 0 Å². The van der Waals surface area contributed by atoms with Gasteiger partial charge in [-0.25, -0.2) is 9.67 Å². The summed E-state index contributed by atoms with van der Waals surface area (Å²) in [5, 5.41) is 9.40. The molecule has 0 radical (unpaired) electrons. The summed E-state index contributed by atoms with van der Waals surface area (Å²) in [5.41, 5.74) is 1.46. The van der Waals surface area contributed by atoms with Crippen molar-refractivity contribution in [2.75, 3.05) is 30.8 Å². The average Bonchev–Trinajstić information content (AvgIpc) is 3.31. The Morgan fingerprint density at radius 3 is 2.60 bits per heavy atom. The molecular weight excluding hydrogens is 406 g/mol. The van der Waals surface area contributed by atoms with Gasteiger partial charge in [-0.15, -0.1) is 11.8 Å². The topological polar surface area (TPSA) is 107 Å². The first-order valence-electron chi connectivity index (χ1n) is 9.21. The fourth-order valence-corrected chi connectivity index (χ4v) is 3.49. The van der Waals surface area contributed by atoms with E-state index in [2.05, 4.69) is 20.7 Å². The third-order valence-electron chi connectivity index (χ3n) is 4.16. The first kappa shape index (κ1) is 19.8. The molecule has 4 rings (SSSR count). The lowest BCUT2D eigenvalue weighted by Crippen LogP contribution is -2.33. The molecule has 1 aliphatic rings. The summed E-state index contributed by atoms with van der Waals surface area (Å²) in [6.07, 6.45) is 3.04. The van der Waals surface area contributed by atoms with E-state index in [1.807, 2.05) is 30.3 Å². The number of hydrogen-bond acceptors (Lipinski definition) is 7. The smallest absolute Gasteiger partial charge is 0.243 e. The van der Waals surface area contributed by atoms with Crippen LogP contribution in [0.5, 0.6) is 11.5 Å². The molecule has 30 heavy (non-hydrogen) atoms. The van der Waals surface area contributed by atoms with Crippen LogP contribution >= 0.6 is 11.8 Å². The van der Waals surface area contributed by atoms with Gasteiger partial charge in [-0.3, -0.25) is 9.59 Å². The number of ether oxygens (including phenoxy) is 2. The Bertz CT molecular complexity index is 1020. The number of thioether (sulfide) groups is 1. The molecule has 0 aliphatic carbocycles. The van der Waals surface area contributed by atoms with Crippen molar-refractivity contribution < 1.29 is 19.1 Å². The van der Waals surface area contributed by atoms with E-state index in [4.69, 9.17) is 9.47 Å². The van der Waals surface area contributed by atoms with Crippen LogP contribution in [0.2, 0.25) is 0 Å². The van der Waals surface area contributed by atoms with Gasteiger partial charge >= 0.3 is 0 Å². The summed E-state index contributed by atoms with van der Waals surface area (Å²) in [6.45, 7) is 0.946. The van der Waals surface area contributed by atoms with Gasteiger partial charge in [0.25, 0.3) is 0 Å². The Balaban J connectivity index is 1.20. The van der Waals surface area contributed by atoms with Crippen LogP contribution in [0.25, 0.3) is 5.69 Å². The number of hydrogen-bond donors (Lipinski definition) is 2. The summed E-state index contributed by atoms with van der Waals surface area (Å²) < 4.78 is 12.6. The third-order valence-corrected chi connectivity index (χ3v) is 5.16. The van der Waals surface area contributed by atoms with E-state index in [-0.39, 0.29) is 24.1 Å². The Morgan fingerprint density at radius 2 is 1.83 bits per heavy atom. The number of amides is 2. The molecule has 2 amide bonds. The van der Waals surface area contributed by atoms with E-state index in [0.717, 1.165) is 10.6 Å². The van der Waals surface area contributed by atoms with Crippen LogP contribution in [-0.4, -0.2) is 52.1 Å². The van der Waals surface area contributed by atoms with Crippen molar-refractivity contribution in [2.45, 2.75) is 4.90 Å². The van der Waals surface area contributed by atoms with E-state index in [9.17, 15) is 9.59 Å². The maximum Gasteiger partial charge on any atom is 0.243 e. The zero-order chi connectivity index (χ0) is 20.8. The number of rotatable bonds is 7. The van der Waals surface area contributed by atoms with Gasteiger partial charge < -0.3 is 20.1 Å². The number of nitrogens with one attached hydrogen (secondary N) is 2. The van der Waals surface area contributed by atoms with Crippen molar-refractivity contribution >= 4 is 29.3 Å². The highest BCUT2D eigenvalue weighted by molar-refractivity contribution is 8.00. The van der Waals surface area contributed by atoms with Crippen LogP contribution < -0.4 is 20.1 Å². The van der Waals surface area contributed by atoms with Crippen molar-refractivity contribution in [2.24, 2.45) is 0 Å². The van der Waals surface area contributed by atoms with Gasteiger partial charge in [-0.05, 0) is 42.5 Å². The fraction of sp³-hybridized carbons (Fsp3) is 0.200. The van der Waals surface area contributed by atoms with Crippen LogP contribution in [0.4, 0.5) is 5.69 Å². The molecule has 0 atom stereocenters. The predicted molar refractivity (Wildman–Crippen MR) is 111 cm³/mol. The summed E-state index contributed by atoms with van der Waals surface area (Å²) in [4.78, 5) is 28.9. The van der Waals surface area contributed by atoms with Crippen molar-refractivity contribution in [3.8, 4) is 17.2 Å². The molecule has 3 aromatic rings. The first-order chi connectivity index (χ1) is 14.7. The zero-order valence-electron chi connectivity index (χ0n) is 15.9. The molecule has 0 spiro atoms. The number of benzene rings is 2. The Kier molecular flexibility index (Phi) is 6.14. The van der Waals surface area contributed by atoms with E-state index < -0.39 is 0 Å². The van der Waals surface area contributed by atoms with Crippen LogP contribution in [0.15, 0.2) is 60.0 Å². The normalized spacial score (nSPS) is 12.3. The minimum Gasteiger partial charge on any atom is -0.486 e. The monoisotopic (exact) mass is 425 g/mol. The van der Waals surface area contributed by atoms with Crippen molar-refractivity contribution in [1.29, 1.82) is 0 Å². The van der Waals surface area contributed by atoms with E-state index in [1.54, 1.807) is 23.1 Å². The van der Waals surface area contributed by atoms with Crippen LogP contribution in [-0.2, 0) is 9.59 Å². The first-order valence-corrected chi connectivity index (χ1v) is 10.2. The Labute approximate surface area is 176 Å². The van der Waals surface area contributed by atoms with Crippen molar-refractivity contribution in [3.05, 3.63) is 55.1 Å². The SMILES string of the molecule is O=C(CSc1ccc2c(c1)OCCO2)NCC(=O)Nc1ccc(-n2cncn2)cc1. The van der Waals surface area contributed by atoms with E-state index in [1.165, 1.54) is 18.1 Å². The lowest BCUT2D eigenvalue weighted by Gasteiger charge is -2.18. The quantitative estimate of drug-likeness (QED) is 0.557. The number of carbonyl (C=O) groups excluding carboxylic acids is 2. The van der Waals surface area contributed by atoms with Gasteiger partial charge in [0.15, 0.2) is 11.5 Å². The molecule has 2 N–H and O–H groups in total. The second-order valence-corrected chi connectivity index (χ2v) is 7.35. The van der Waals surface area contributed by atoms with Crippen LogP contribution in [0.3, 0.4) is 0 Å². The lowest BCUT2D eigenvalue weighted by atomic mass is 10.3. The summed E-state index contributed by atoms with van der Waals surface area (Å²) in [6, 6.07) is 12.7. The maximum atomic E-state index is 12.1. The molecule has 0 bridgehead atoms. The van der Waals surface area contributed by atoms with E-state index >= 15 is 0 Å². The molecule has 2 heterocycles. The second kappa shape index (κ2) is 9.31. The zero-order valence-corrected chi connectivity index (χ0v) is 16.7. The lowest BCUT2D eigenvalue weighted by molar-refractivity contribution is -0.122. The molecule has 1 aromatic heterocycles. The molecule has 0 saturated carbocycles. The molecule has 154 valence electrons. The second-order valence-electron chi connectivity index (χ2n) is 6.31. The number of aromatic nitrogens is 3. The van der Waals surface area contributed by atoms with Gasteiger partial charge in [0.1, 0.15) is 25.9 Å². The molecule has 0 unspecified atom stereocenters. The van der Waals surface area contributed by atoms with Crippen molar-refractivity contribution in [3.63, 3.8) is 0 Å². The minimum atomic E-state index is -0.304. The predicted octanol–water partition coefficient (Wildman–Crippen LogP) is 1.89. The highest BCUT2D eigenvalue weighted by atomic mass is 32.2. The molecule has 10 heteroatoms. The highest BCUT2D eigenvalue weighted by Crippen LogP contribution is 2.34. The molecule has 9 nitrogen and oxygen atoms in total. The number of carbonyl (C=O) groups is 2. The third kappa shape index (κ3) is 5.09. The maximum absolute atomic E-state index is 12.1. The number of anilines is 1. The summed E-state index contributed by atoms with van der Waals surface area (Å²) >= 11 is 1.36. The van der Waals surface area contributed by atoms with Gasteiger partial charge in [0.05, 0.1) is 18.0 Å². The average molecular weight is 425 g/mol.